The van der Waals surface area contributed by atoms with Crippen molar-refractivity contribution >= 4 is 32.3 Å². The number of nitrogens with zero attached hydrogens (tertiary/aromatic N) is 1. The molecule has 1 aromatic heterocycles. The quantitative estimate of drug-likeness (QED) is 0.439. The topological polar surface area (TPSA) is 58.9 Å². The van der Waals surface area contributed by atoms with Gasteiger partial charge in [-0.2, -0.15) is 0 Å². The molecule has 4 aromatic rings. The molecule has 0 spiro atoms. The van der Waals surface area contributed by atoms with Gasteiger partial charge in [0.05, 0.1) is 33.8 Å². The first-order valence-electron chi connectivity index (χ1n) is 9.73. The Bertz CT molecular complexity index is 1340. The van der Waals surface area contributed by atoms with E-state index in [1.54, 1.807) is 33.0 Å². The number of benzene rings is 3. The predicted octanol–water partition coefficient (Wildman–Crippen LogP) is 4.92. The van der Waals surface area contributed by atoms with E-state index in [4.69, 9.17) is 18.9 Å². The number of methoxy groups -OCH3 is 4. The van der Waals surface area contributed by atoms with Gasteiger partial charge in [0.2, 0.25) is 0 Å². The van der Waals surface area contributed by atoms with E-state index in [1.165, 1.54) is 0 Å². The third kappa shape index (κ3) is 2.83. The Morgan fingerprint density at radius 1 is 0.667 bits per heavy atom. The van der Waals surface area contributed by atoms with Crippen LogP contribution >= 0.6 is 0 Å². The number of ether oxygens (including phenoxy) is 4. The van der Waals surface area contributed by atoms with Crippen molar-refractivity contribution in [2.45, 2.75) is 19.9 Å². The molecular weight excluding hydrogens is 382 g/mol. The average Bonchev–Trinajstić information content (AvgIpc) is 2.76. The van der Waals surface area contributed by atoms with E-state index >= 15 is 0 Å². The summed E-state index contributed by atoms with van der Waals surface area (Å²) in [5.74, 6) is 2.40. The SMILES string of the molecule is COc1cc2c(cc1OC)c1ccn(C(C)C)c(=O)c1c1cc(OC)c(OC)cc21. The highest BCUT2D eigenvalue weighted by atomic mass is 16.5. The first-order valence-corrected chi connectivity index (χ1v) is 9.73. The summed E-state index contributed by atoms with van der Waals surface area (Å²) in [6, 6.07) is 9.67. The van der Waals surface area contributed by atoms with Crippen molar-refractivity contribution in [2.24, 2.45) is 0 Å². The largest absolute Gasteiger partial charge is 0.493 e. The number of hydrogen-bond acceptors (Lipinski definition) is 5. The summed E-state index contributed by atoms with van der Waals surface area (Å²) in [5.41, 5.74) is -0.0450. The third-order valence-electron chi connectivity index (χ3n) is 5.57. The Morgan fingerprint density at radius 3 is 1.50 bits per heavy atom. The van der Waals surface area contributed by atoms with E-state index in [2.05, 4.69) is 0 Å². The van der Waals surface area contributed by atoms with Crippen molar-refractivity contribution < 1.29 is 18.9 Å². The molecule has 30 heavy (non-hydrogen) atoms. The fourth-order valence-electron chi connectivity index (χ4n) is 4.07. The second kappa shape index (κ2) is 7.44. The van der Waals surface area contributed by atoms with Gasteiger partial charge in [-0.25, -0.2) is 0 Å². The van der Waals surface area contributed by atoms with Gasteiger partial charge in [0.1, 0.15) is 0 Å². The molecule has 0 bridgehead atoms. The molecule has 6 nitrogen and oxygen atoms in total. The summed E-state index contributed by atoms with van der Waals surface area (Å²) in [6.07, 6.45) is 1.85. The Hall–Kier alpha value is -3.41. The average molecular weight is 407 g/mol. The molecule has 6 heteroatoms. The maximum absolute atomic E-state index is 13.5. The zero-order chi connectivity index (χ0) is 21.6. The van der Waals surface area contributed by atoms with E-state index in [0.29, 0.717) is 28.4 Å². The van der Waals surface area contributed by atoms with Gasteiger partial charge in [-0.3, -0.25) is 4.79 Å². The lowest BCUT2D eigenvalue weighted by molar-refractivity contribution is 0.355. The highest BCUT2D eigenvalue weighted by Gasteiger charge is 2.19. The van der Waals surface area contributed by atoms with Gasteiger partial charge in [-0.15, -0.1) is 0 Å². The number of hydrogen-bond donors (Lipinski definition) is 0. The molecule has 0 aliphatic rings. The molecule has 0 unspecified atom stereocenters. The number of rotatable bonds is 5. The Labute approximate surface area is 174 Å². The molecule has 4 rings (SSSR count). The van der Waals surface area contributed by atoms with Crippen LogP contribution in [0.25, 0.3) is 32.3 Å². The normalized spacial score (nSPS) is 11.4. The molecule has 0 atom stereocenters. The van der Waals surface area contributed by atoms with Crippen LogP contribution in [0, 0.1) is 0 Å². The first-order chi connectivity index (χ1) is 14.4. The van der Waals surface area contributed by atoms with Crippen LogP contribution < -0.4 is 24.5 Å². The molecule has 1 heterocycles. The molecule has 0 radical (unpaired) electrons. The van der Waals surface area contributed by atoms with Gasteiger partial charge in [0.15, 0.2) is 23.0 Å². The molecule has 0 aliphatic carbocycles. The number of pyridine rings is 1. The fourth-order valence-corrected chi connectivity index (χ4v) is 4.07. The van der Waals surface area contributed by atoms with Crippen LogP contribution in [0.5, 0.6) is 23.0 Å². The van der Waals surface area contributed by atoms with Gasteiger partial charge in [0, 0.05) is 12.2 Å². The third-order valence-corrected chi connectivity index (χ3v) is 5.57. The van der Waals surface area contributed by atoms with E-state index in [0.717, 1.165) is 26.9 Å². The van der Waals surface area contributed by atoms with Crippen molar-refractivity contribution in [3.8, 4) is 23.0 Å². The lowest BCUT2D eigenvalue weighted by atomic mass is 9.94. The van der Waals surface area contributed by atoms with Gasteiger partial charge < -0.3 is 23.5 Å². The summed E-state index contributed by atoms with van der Waals surface area (Å²) in [4.78, 5) is 13.5. The minimum Gasteiger partial charge on any atom is -0.493 e. The molecule has 0 aliphatic heterocycles. The van der Waals surface area contributed by atoms with Crippen molar-refractivity contribution in [1.29, 1.82) is 0 Å². The molecule has 0 amide bonds. The predicted molar refractivity (Wildman–Crippen MR) is 120 cm³/mol. The Morgan fingerprint density at radius 2 is 1.07 bits per heavy atom. The molecule has 156 valence electrons. The van der Waals surface area contributed by atoms with Gasteiger partial charge in [-0.05, 0) is 71.1 Å². The zero-order valence-corrected chi connectivity index (χ0v) is 18.0. The maximum Gasteiger partial charge on any atom is 0.259 e. The summed E-state index contributed by atoms with van der Waals surface area (Å²) in [7, 11) is 6.40. The fraction of sp³-hybridized carbons (Fsp3) is 0.292. The second-order valence-electron chi connectivity index (χ2n) is 7.42. The van der Waals surface area contributed by atoms with Crippen molar-refractivity contribution in [1.82, 2.24) is 4.57 Å². The summed E-state index contributed by atoms with van der Waals surface area (Å²) in [6.45, 7) is 3.99. The van der Waals surface area contributed by atoms with Crippen molar-refractivity contribution in [2.75, 3.05) is 28.4 Å². The first kappa shape index (κ1) is 19.9. The van der Waals surface area contributed by atoms with Crippen LogP contribution in [0.4, 0.5) is 0 Å². The lowest BCUT2D eigenvalue weighted by Crippen LogP contribution is -2.21. The van der Waals surface area contributed by atoms with Crippen LogP contribution in [-0.4, -0.2) is 33.0 Å². The van der Waals surface area contributed by atoms with E-state index in [1.807, 2.05) is 50.4 Å². The monoisotopic (exact) mass is 407 g/mol. The van der Waals surface area contributed by atoms with Crippen LogP contribution in [0.1, 0.15) is 19.9 Å². The minimum atomic E-state index is -0.0450. The van der Waals surface area contributed by atoms with Gasteiger partial charge in [-0.1, -0.05) is 0 Å². The van der Waals surface area contributed by atoms with Gasteiger partial charge >= 0.3 is 0 Å². The van der Waals surface area contributed by atoms with Crippen LogP contribution in [0.3, 0.4) is 0 Å². The lowest BCUT2D eigenvalue weighted by Gasteiger charge is -2.18. The highest BCUT2D eigenvalue weighted by molar-refractivity contribution is 6.26. The van der Waals surface area contributed by atoms with Crippen LogP contribution in [0.2, 0.25) is 0 Å². The Balaban J connectivity index is 2.34. The number of aromatic nitrogens is 1. The second-order valence-corrected chi connectivity index (χ2v) is 7.42. The smallest absolute Gasteiger partial charge is 0.259 e. The Kier molecular flexibility index (Phi) is 4.94. The maximum atomic E-state index is 13.5. The van der Waals surface area contributed by atoms with E-state index in [9.17, 15) is 4.79 Å². The van der Waals surface area contributed by atoms with Crippen molar-refractivity contribution in [3.63, 3.8) is 0 Å². The zero-order valence-electron chi connectivity index (χ0n) is 18.0. The summed E-state index contributed by atoms with van der Waals surface area (Å²) < 4.78 is 23.9. The van der Waals surface area contributed by atoms with E-state index < -0.39 is 0 Å². The molecule has 0 fully saturated rings. The molecule has 0 N–H and O–H groups in total. The molecule has 3 aromatic carbocycles. The molecule has 0 saturated carbocycles. The minimum absolute atomic E-state index is 0.0400. The van der Waals surface area contributed by atoms with Crippen LogP contribution in [0.15, 0.2) is 41.3 Å². The molecular formula is C24H25NO5. The highest BCUT2D eigenvalue weighted by Crippen LogP contribution is 2.43. The van der Waals surface area contributed by atoms with Crippen molar-refractivity contribution in [3.05, 3.63) is 46.9 Å². The van der Waals surface area contributed by atoms with E-state index in [-0.39, 0.29) is 11.6 Å². The summed E-state index contributed by atoms with van der Waals surface area (Å²) in [5, 5.41) is 5.04. The standard InChI is InChI=1S/C24H25NO5/c1-13(2)25-8-7-14-15-9-19(27-3)20(28-4)10-16(15)17-11-21(29-5)22(30-6)12-18(17)23(14)24(25)26/h7-13H,1-6H3. The summed E-state index contributed by atoms with van der Waals surface area (Å²) >= 11 is 0. The van der Waals surface area contributed by atoms with Crippen LogP contribution in [-0.2, 0) is 0 Å². The number of fused-ring (bicyclic) bond motifs is 6. The van der Waals surface area contributed by atoms with Gasteiger partial charge in [0.25, 0.3) is 5.56 Å². The molecule has 0 saturated heterocycles.